The SMILES string of the molecule is CC(NCc1ccc([N+](=O)[O-])s1)c1ccc(Cl)cc1Cl. The van der Waals surface area contributed by atoms with Crippen molar-refractivity contribution in [3.63, 3.8) is 0 Å². The molecule has 0 bridgehead atoms. The fourth-order valence-corrected chi connectivity index (χ4v) is 3.12. The van der Waals surface area contributed by atoms with Gasteiger partial charge in [0, 0.05) is 33.6 Å². The fraction of sp³-hybridized carbons (Fsp3) is 0.231. The molecule has 0 fully saturated rings. The molecule has 20 heavy (non-hydrogen) atoms. The lowest BCUT2D eigenvalue weighted by atomic mass is 10.1. The molecule has 0 aliphatic heterocycles. The minimum Gasteiger partial charge on any atom is -0.305 e. The van der Waals surface area contributed by atoms with Gasteiger partial charge in [0.15, 0.2) is 0 Å². The van der Waals surface area contributed by atoms with Crippen LogP contribution in [0, 0.1) is 10.1 Å². The average molecular weight is 331 g/mol. The van der Waals surface area contributed by atoms with Crippen LogP contribution in [0.3, 0.4) is 0 Å². The maximum absolute atomic E-state index is 10.6. The third kappa shape index (κ3) is 3.70. The van der Waals surface area contributed by atoms with Gasteiger partial charge in [0.1, 0.15) is 0 Å². The summed E-state index contributed by atoms with van der Waals surface area (Å²) in [6.45, 7) is 2.54. The predicted molar refractivity (Wildman–Crippen MR) is 82.7 cm³/mol. The van der Waals surface area contributed by atoms with Crippen LogP contribution in [0.2, 0.25) is 10.0 Å². The first-order valence-corrected chi connectivity index (χ1v) is 7.46. The molecule has 4 nitrogen and oxygen atoms in total. The molecule has 2 rings (SSSR count). The lowest BCUT2D eigenvalue weighted by Crippen LogP contribution is -2.17. The average Bonchev–Trinajstić information content (AvgIpc) is 2.85. The number of thiophene rings is 1. The summed E-state index contributed by atoms with van der Waals surface area (Å²) in [5, 5.41) is 15.3. The fourth-order valence-electron chi connectivity index (χ4n) is 1.78. The van der Waals surface area contributed by atoms with Crippen LogP contribution < -0.4 is 5.32 Å². The Morgan fingerprint density at radius 1 is 1.35 bits per heavy atom. The molecule has 0 radical (unpaired) electrons. The van der Waals surface area contributed by atoms with Gasteiger partial charge >= 0.3 is 5.00 Å². The van der Waals surface area contributed by atoms with Crippen molar-refractivity contribution in [3.8, 4) is 0 Å². The number of benzene rings is 1. The second-order valence-electron chi connectivity index (χ2n) is 4.27. The van der Waals surface area contributed by atoms with Crippen LogP contribution in [0.15, 0.2) is 30.3 Å². The zero-order valence-corrected chi connectivity index (χ0v) is 12.9. The van der Waals surface area contributed by atoms with Crippen LogP contribution in [0.4, 0.5) is 5.00 Å². The molecule has 2 aromatic rings. The Balaban J connectivity index is 2.00. The van der Waals surface area contributed by atoms with E-state index >= 15 is 0 Å². The van der Waals surface area contributed by atoms with E-state index in [1.807, 2.05) is 13.0 Å². The Morgan fingerprint density at radius 3 is 2.70 bits per heavy atom. The normalized spacial score (nSPS) is 12.3. The van der Waals surface area contributed by atoms with Crippen LogP contribution >= 0.6 is 34.5 Å². The molecular formula is C13H12Cl2N2O2S. The van der Waals surface area contributed by atoms with Crippen molar-refractivity contribution in [1.29, 1.82) is 0 Å². The zero-order valence-electron chi connectivity index (χ0n) is 10.6. The Morgan fingerprint density at radius 2 is 2.10 bits per heavy atom. The van der Waals surface area contributed by atoms with E-state index in [0.29, 0.717) is 16.6 Å². The largest absolute Gasteiger partial charge is 0.324 e. The molecule has 0 saturated carbocycles. The monoisotopic (exact) mass is 330 g/mol. The third-order valence-corrected chi connectivity index (χ3v) is 4.44. The van der Waals surface area contributed by atoms with Gasteiger partial charge in [-0.1, -0.05) is 40.6 Å². The van der Waals surface area contributed by atoms with E-state index in [4.69, 9.17) is 23.2 Å². The van der Waals surface area contributed by atoms with Crippen molar-refractivity contribution in [2.24, 2.45) is 0 Å². The summed E-state index contributed by atoms with van der Waals surface area (Å²) in [4.78, 5) is 11.1. The Hall–Kier alpha value is -1.14. The minimum absolute atomic E-state index is 0.0286. The standard InChI is InChI=1S/C13H12Cl2N2O2S/c1-8(11-4-2-9(14)6-12(11)15)16-7-10-3-5-13(20-10)17(18)19/h2-6,8,16H,7H2,1H3. The quantitative estimate of drug-likeness (QED) is 0.632. The van der Waals surface area contributed by atoms with Crippen molar-refractivity contribution < 1.29 is 4.92 Å². The minimum atomic E-state index is -0.381. The molecule has 0 spiro atoms. The lowest BCUT2D eigenvalue weighted by molar-refractivity contribution is -0.380. The summed E-state index contributed by atoms with van der Waals surface area (Å²) in [7, 11) is 0. The number of nitrogens with zero attached hydrogens (tertiary/aromatic N) is 1. The summed E-state index contributed by atoms with van der Waals surface area (Å²) >= 11 is 13.2. The molecule has 1 N–H and O–H groups in total. The van der Waals surface area contributed by atoms with Gasteiger partial charge in [-0.25, -0.2) is 0 Å². The number of nitro groups is 1. The highest BCUT2D eigenvalue weighted by Gasteiger charge is 2.12. The topological polar surface area (TPSA) is 55.2 Å². The van der Waals surface area contributed by atoms with Gasteiger partial charge in [-0.2, -0.15) is 0 Å². The number of halogens is 2. The second-order valence-corrected chi connectivity index (χ2v) is 6.26. The summed E-state index contributed by atoms with van der Waals surface area (Å²) in [5.41, 5.74) is 0.946. The molecule has 1 atom stereocenters. The molecule has 0 amide bonds. The third-order valence-electron chi connectivity index (χ3n) is 2.84. The maximum atomic E-state index is 10.6. The number of hydrogen-bond donors (Lipinski definition) is 1. The molecule has 1 unspecified atom stereocenters. The van der Waals surface area contributed by atoms with Crippen LogP contribution in [0.25, 0.3) is 0 Å². The van der Waals surface area contributed by atoms with E-state index in [2.05, 4.69) is 5.32 Å². The highest BCUT2D eigenvalue weighted by atomic mass is 35.5. The summed E-state index contributed by atoms with van der Waals surface area (Å²) < 4.78 is 0. The van der Waals surface area contributed by atoms with Crippen molar-refractivity contribution >= 4 is 39.5 Å². The highest BCUT2D eigenvalue weighted by molar-refractivity contribution is 7.15. The van der Waals surface area contributed by atoms with Gasteiger partial charge in [-0.05, 0) is 30.7 Å². The van der Waals surface area contributed by atoms with Gasteiger partial charge in [0.25, 0.3) is 0 Å². The van der Waals surface area contributed by atoms with Crippen molar-refractivity contribution in [1.82, 2.24) is 5.32 Å². The van der Waals surface area contributed by atoms with E-state index in [1.165, 1.54) is 17.4 Å². The predicted octanol–water partition coefficient (Wildman–Crippen LogP) is 4.81. The molecule has 0 aliphatic carbocycles. The van der Waals surface area contributed by atoms with Crippen molar-refractivity contribution in [2.45, 2.75) is 19.5 Å². The maximum Gasteiger partial charge on any atom is 0.324 e. The van der Waals surface area contributed by atoms with Crippen LogP contribution in [0.1, 0.15) is 23.4 Å². The molecular weight excluding hydrogens is 319 g/mol. The number of rotatable bonds is 5. The Bertz CT molecular complexity index is 631. The van der Waals surface area contributed by atoms with E-state index in [9.17, 15) is 10.1 Å². The zero-order chi connectivity index (χ0) is 14.7. The molecule has 1 heterocycles. The molecule has 1 aromatic heterocycles. The van der Waals surface area contributed by atoms with E-state index < -0.39 is 0 Å². The van der Waals surface area contributed by atoms with E-state index in [0.717, 1.165) is 10.4 Å². The second kappa shape index (κ2) is 6.54. The Kier molecular flexibility index (Phi) is 4.99. The highest BCUT2D eigenvalue weighted by Crippen LogP contribution is 2.28. The lowest BCUT2D eigenvalue weighted by Gasteiger charge is -2.15. The van der Waals surface area contributed by atoms with Gasteiger partial charge < -0.3 is 5.32 Å². The van der Waals surface area contributed by atoms with Gasteiger partial charge in [0.05, 0.1) is 4.92 Å². The molecule has 0 aliphatic rings. The van der Waals surface area contributed by atoms with Crippen LogP contribution in [-0.4, -0.2) is 4.92 Å². The first-order valence-electron chi connectivity index (χ1n) is 5.89. The van der Waals surface area contributed by atoms with Gasteiger partial charge in [-0.15, -0.1) is 0 Å². The summed E-state index contributed by atoms with van der Waals surface area (Å²) in [5.74, 6) is 0. The molecule has 106 valence electrons. The van der Waals surface area contributed by atoms with Crippen molar-refractivity contribution in [2.75, 3.05) is 0 Å². The Labute approximate surface area is 130 Å². The molecule has 0 saturated heterocycles. The number of nitrogens with one attached hydrogen (secondary N) is 1. The van der Waals surface area contributed by atoms with Crippen LogP contribution in [0.5, 0.6) is 0 Å². The van der Waals surface area contributed by atoms with E-state index in [-0.39, 0.29) is 16.0 Å². The van der Waals surface area contributed by atoms with Crippen molar-refractivity contribution in [3.05, 3.63) is 60.9 Å². The smallest absolute Gasteiger partial charge is 0.305 e. The summed E-state index contributed by atoms with van der Waals surface area (Å²) in [6, 6.07) is 8.66. The first-order chi connectivity index (χ1) is 9.47. The molecule has 1 aromatic carbocycles. The molecule has 7 heteroatoms. The number of hydrogen-bond acceptors (Lipinski definition) is 4. The van der Waals surface area contributed by atoms with E-state index in [1.54, 1.807) is 18.2 Å². The van der Waals surface area contributed by atoms with Gasteiger partial charge in [0.2, 0.25) is 0 Å². The first kappa shape index (κ1) is 15.3. The van der Waals surface area contributed by atoms with Crippen LogP contribution in [-0.2, 0) is 6.54 Å². The van der Waals surface area contributed by atoms with Gasteiger partial charge in [-0.3, -0.25) is 10.1 Å². The summed E-state index contributed by atoms with van der Waals surface area (Å²) in [6.07, 6.45) is 0.